The Hall–Kier alpha value is -1.10. The second kappa shape index (κ2) is 4.47. The van der Waals surface area contributed by atoms with Crippen molar-refractivity contribution in [3.8, 4) is 0 Å². The first-order valence-electron chi connectivity index (χ1n) is 7.90. The molecule has 1 aromatic rings. The number of hydrogen-bond acceptors (Lipinski definition) is 4. The second-order valence-corrected chi connectivity index (χ2v) is 7.72. The van der Waals surface area contributed by atoms with Crippen molar-refractivity contribution in [2.75, 3.05) is 32.2 Å². The Kier molecular flexibility index (Phi) is 3.20. The van der Waals surface area contributed by atoms with Gasteiger partial charge in [0.2, 0.25) is 0 Å². The summed E-state index contributed by atoms with van der Waals surface area (Å²) in [4.78, 5) is 2.05. The fourth-order valence-corrected chi connectivity index (χ4v) is 4.83. The molecule has 122 valence electrons. The van der Waals surface area contributed by atoms with Gasteiger partial charge < -0.3 is 19.5 Å². The lowest BCUT2D eigenvalue weighted by molar-refractivity contribution is -0.457. The monoisotopic (exact) mass is 305 g/mol. The van der Waals surface area contributed by atoms with E-state index in [9.17, 15) is 5.11 Å². The molecule has 1 aliphatic heterocycles. The zero-order chi connectivity index (χ0) is 16.4. The highest BCUT2D eigenvalue weighted by Crippen LogP contribution is 2.75. The lowest BCUT2D eigenvalue weighted by Gasteiger charge is -2.73. The topological polar surface area (TPSA) is 41.9 Å². The second-order valence-electron chi connectivity index (χ2n) is 7.72. The molecular formula is C18H27NO3. The summed E-state index contributed by atoms with van der Waals surface area (Å²) in [6, 6.07) is 8.11. The highest BCUT2D eigenvalue weighted by molar-refractivity contribution is 5.49. The van der Waals surface area contributed by atoms with E-state index in [4.69, 9.17) is 9.47 Å². The van der Waals surface area contributed by atoms with Gasteiger partial charge in [-0.15, -0.1) is 0 Å². The van der Waals surface area contributed by atoms with Gasteiger partial charge in [-0.3, -0.25) is 0 Å². The number of hydrogen-bond donors (Lipinski definition) is 1. The molecule has 4 heteroatoms. The van der Waals surface area contributed by atoms with Crippen LogP contribution in [-0.4, -0.2) is 38.2 Å². The number of ether oxygens (including phenoxy) is 2. The molecule has 1 saturated carbocycles. The van der Waals surface area contributed by atoms with Crippen molar-refractivity contribution in [2.24, 2.45) is 10.8 Å². The summed E-state index contributed by atoms with van der Waals surface area (Å²) in [5, 5.41) is 11.6. The van der Waals surface area contributed by atoms with Crippen molar-refractivity contribution in [2.45, 2.75) is 39.1 Å². The molecule has 0 amide bonds. The summed E-state index contributed by atoms with van der Waals surface area (Å²) in [7, 11) is 4.02. The Morgan fingerprint density at radius 2 is 1.36 bits per heavy atom. The van der Waals surface area contributed by atoms with Gasteiger partial charge >= 0.3 is 0 Å². The number of benzene rings is 1. The lowest BCUT2D eigenvalue weighted by Crippen LogP contribution is -2.82. The fraction of sp³-hybridized carbons (Fsp3) is 0.667. The first-order valence-corrected chi connectivity index (χ1v) is 7.90. The van der Waals surface area contributed by atoms with Crippen LogP contribution >= 0.6 is 0 Å². The summed E-state index contributed by atoms with van der Waals surface area (Å²) >= 11 is 0. The fourth-order valence-electron chi connectivity index (χ4n) is 4.83. The van der Waals surface area contributed by atoms with Crippen LogP contribution in [-0.2, 0) is 15.1 Å². The van der Waals surface area contributed by atoms with E-state index in [1.54, 1.807) is 0 Å². The SMILES string of the molecule is CN(C)c1ccc(C2(O)C(C)(C)C3(OCCO3)C2(C)C)cc1. The maximum atomic E-state index is 11.6. The Bertz CT molecular complexity index is 550. The minimum Gasteiger partial charge on any atom is -0.384 e. The van der Waals surface area contributed by atoms with E-state index < -0.39 is 22.2 Å². The van der Waals surface area contributed by atoms with Crippen molar-refractivity contribution in [1.82, 2.24) is 0 Å². The van der Waals surface area contributed by atoms with E-state index in [0.717, 1.165) is 11.3 Å². The van der Waals surface area contributed by atoms with Gasteiger partial charge in [0.05, 0.1) is 24.0 Å². The van der Waals surface area contributed by atoms with Crippen LogP contribution in [0.4, 0.5) is 5.69 Å². The van der Waals surface area contributed by atoms with Crippen molar-refractivity contribution < 1.29 is 14.6 Å². The number of anilines is 1. The van der Waals surface area contributed by atoms with E-state index in [0.29, 0.717) is 13.2 Å². The minimum absolute atomic E-state index is 0.528. The molecule has 1 aliphatic carbocycles. The summed E-state index contributed by atoms with van der Waals surface area (Å²) in [5.41, 5.74) is -0.0303. The third-order valence-corrected chi connectivity index (χ3v) is 5.95. The molecule has 0 bridgehead atoms. The van der Waals surface area contributed by atoms with Gasteiger partial charge in [0.25, 0.3) is 0 Å². The van der Waals surface area contributed by atoms with Gasteiger partial charge in [0.1, 0.15) is 5.60 Å². The summed E-state index contributed by atoms with van der Waals surface area (Å²) in [5.74, 6) is -0.727. The first kappa shape index (κ1) is 15.8. The van der Waals surface area contributed by atoms with Crippen LogP contribution in [0.5, 0.6) is 0 Å². The summed E-state index contributed by atoms with van der Waals surface area (Å²) in [6.45, 7) is 9.30. The zero-order valence-corrected chi connectivity index (χ0v) is 14.4. The van der Waals surface area contributed by atoms with Gasteiger partial charge in [-0.25, -0.2) is 0 Å². The number of nitrogens with zero attached hydrogens (tertiary/aromatic N) is 1. The minimum atomic E-state index is -1.00. The van der Waals surface area contributed by atoms with Crippen molar-refractivity contribution >= 4 is 5.69 Å². The van der Waals surface area contributed by atoms with Gasteiger partial charge in [-0.2, -0.15) is 0 Å². The molecular weight excluding hydrogens is 278 g/mol. The Morgan fingerprint density at radius 1 is 0.909 bits per heavy atom. The smallest absolute Gasteiger partial charge is 0.184 e. The van der Waals surface area contributed by atoms with E-state index in [-0.39, 0.29) is 0 Å². The van der Waals surface area contributed by atoms with E-state index in [1.807, 2.05) is 66.1 Å². The third-order valence-electron chi connectivity index (χ3n) is 5.95. The lowest BCUT2D eigenvalue weighted by atomic mass is 9.38. The van der Waals surface area contributed by atoms with Crippen LogP contribution in [0.15, 0.2) is 24.3 Å². The summed E-state index contributed by atoms with van der Waals surface area (Å²) in [6.07, 6.45) is 0. The van der Waals surface area contributed by atoms with Crippen LogP contribution in [0, 0.1) is 10.8 Å². The molecule has 1 N–H and O–H groups in total. The average molecular weight is 305 g/mol. The van der Waals surface area contributed by atoms with E-state index >= 15 is 0 Å². The van der Waals surface area contributed by atoms with Crippen LogP contribution in [0.25, 0.3) is 0 Å². The highest BCUT2D eigenvalue weighted by Gasteiger charge is 2.83. The predicted octanol–water partition coefficient (Wildman–Crippen LogP) is 2.75. The molecule has 1 spiro atoms. The van der Waals surface area contributed by atoms with Gasteiger partial charge in [-0.05, 0) is 17.7 Å². The Morgan fingerprint density at radius 3 is 1.77 bits per heavy atom. The molecule has 1 aromatic carbocycles. The molecule has 1 saturated heterocycles. The summed E-state index contributed by atoms with van der Waals surface area (Å²) < 4.78 is 12.0. The molecule has 4 nitrogen and oxygen atoms in total. The van der Waals surface area contributed by atoms with Crippen molar-refractivity contribution in [3.05, 3.63) is 29.8 Å². The largest absolute Gasteiger partial charge is 0.384 e. The van der Waals surface area contributed by atoms with Crippen LogP contribution in [0.3, 0.4) is 0 Å². The molecule has 0 aromatic heterocycles. The van der Waals surface area contributed by atoms with Gasteiger partial charge in [-0.1, -0.05) is 39.8 Å². The standard InChI is InChI=1S/C18H27NO3/c1-15(2)17(20,13-7-9-14(10-8-13)19(5)6)16(3,4)18(15)21-11-12-22-18/h7-10,20H,11-12H2,1-6H3. The van der Waals surface area contributed by atoms with E-state index in [2.05, 4.69) is 4.90 Å². The zero-order valence-electron chi connectivity index (χ0n) is 14.4. The molecule has 2 aliphatic rings. The normalized spacial score (nSPS) is 26.7. The molecule has 2 fully saturated rings. The highest BCUT2D eigenvalue weighted by atomic mass is 16.7. The van der Waals surface area contributed by atoms with Crippen LogP contribution in [0.2, 0.25) is 0 Å². The number of aliphatic hydroxyl groups is 1. The molecule has 0 atom stereocenters. The van der Waals surface area contributed by atoms with Crippen molar-refractivity contribution in [3.63, 3.8) is 0 Å². The molecule has 3 rings (SSSR count). The average Bonchev–Trinajstić information content (AvgIpc) is 2.98. The number of rotatable bonds is 2. The Balaban J connectivity index is 2.05. The van der Waals surface area contributed by atoms with Crippen molar-refractivity contribution in [1.29, 1.82) is 0 Å². The predicted molar refractivity (Wildman–Crippen MR) is 86.9 cm³/mol. The van der Waals surface area contributed by atoms with Crippen LogP contribution < -0.4 is 4.90 Å². The maximum Gasteiger partial charge on any atom is 0.184 e. The third kappa shape index (κ3) is 1.48. The van der Waals surface area contributed by atoms with Gasteiger partial charge in [0, 0.05) is 19.8 Å². The molecule has 1 heterocycles. The molecule has 0 unspecified atom stereocenters. The van der Waals surface area contributed by atoms with Gasteiger partial charge in [0.15, 0.2) is 5.79 Å². The first-order chi connectivity index (χ1) is 10.1. The van der Waals surface area contributed by atoms with Crippen LogP contribution in [0.1, 0.15) is 33.3 Å². The quantitative estimate of drug-likeness (QED) is 0.912. The maximum absolute atomic E-state index is 11.6. The Labute approximate surface area is 133 Å². The molecule has 0 radical (unpaired) electrons. The molecule has 22 heavy (non-hydrogen) atoms. The van der Waals surface area contributed by atoms with E-state index in [1.165, 1.54) is 0 Å².